The Balaban J connectivity index is 2.19. The fourth-order valence-electron chi connectivity index (χ4n) is 2.20. The lowest BCUT2D eigenvalue weighted by molar-refractivity contribution is -0.108. The number of benzene rings is 2. The van der Waals surface area contributed by atoms with Crippen molar-refractivity contribution in [3.63, 3.8) is 0 Å². The van der Waals surface area contributed by atoms with E-state index in [9.17, 15) is 4.79 Å². The number of rotatable bonds is 5. The topological polar surface area (TPSA) is 26.3 Å². The molecule has 2 aromatic rings. The molecule has 0 saturated carbocycles. The van der Waals surface area contributed by atoms with Crippen LogP contribution in [0.15, 0.2) is 42.5 Å². The van der Waals surface area contributed by atoms with E-state index in [1.807, 2.05) is 44.2 Å². The minimum atomic E-state index is -0.103. The molecule has 0 fully saturated rings. The van der Waals surface area contributed by atoms with Gasteiger partial charge >= 0.3 is 0 Å². The average molecular weight is 268 g/mol. The van der Waals surface area contributed by atoms with E-state index in [2.05, 4.69) is 19.1 Å². The maximum atomic E-state index is 11.0. The number of aldehydes is 1. The largest absolute Gasteiger partial charge is 0.489 e. The second-order valence-electron chi connectivity index (χ2n) is 5.18. The molecule has 0 heterocycles. The molecule has 104 valence electrons. The molecule has 0 bridgehead atoms. The molecule has 0 aromatic heterocycles. The number of ether oxygens (including phenoxy) is 1. The second-order valence-corrected chi connectivity index (χ2v) is 5.18. The van der Waals surface area contributed by atoms with Gasteiger partial charge in [0.05, 0.1) is 0 Å². The molecular formula is C18H20O2. The van der Waals surface area contributed by atoms with Gasteiger partial charge in [0.15, 0.2) is 0 Å². The van der Waals surface area contributed by atoms with Gasteiger partial charge in [-0.3, -0.25) is 0 Å². The van der Waals surface area contributed by atoms with E-state index in [4.69, 9.17) is 4.74 Å². The summed E-state index contributed by atoms with van der Waals surface area (Å²) in [6.07, 6.45) is 0.969. The zero-order valence-electron chi connectivity index (χ0n) is 12.2. The van der Waals surface area contributed by atoms with Crippen molar-refractivity contribution < 1.29 is 9.53 Å². The summed E-state index contributed by atoms with van der Waals surface area (Å²) in [5, 5.41) is 0. The third-order valence-electron chi connectivity index (χ3n) is 3.48. The Morgan fingerprint density at radius 3 is 2.65 bits per heavy atom. The summed E-state index contributed by atoms with van der Waals surface area (Å²) < 4.78 is 5.92. The molecule has 1 atom stereocenters. The monoisotopic (exact) mass is 268 g/mol. The molecule has 2 rings (SSSR count). The second kappa shape index (κ2) is 6.38. The summed E-state index contributed by atoms with van der Waals surface area (Å²) in [5.41, 5.74) is 4.40. The molecular weight excluding hydrogens is 248 g/mol. The molecule has 2 nitrogen and oxygen atoms in total. The van der Waals surface area contributed by atoms with Gasteiger partial charge in [0.2, 0.25) is 0 Å². The molecule has 0 saturated heterocycles. The van der Waals surface area contributed by atoms with E-state index in [0.717, 1.165) is 28.7 Å². The van der Waals surface area contributed by atoms with Crippen molar-refractivity contribution in [2.75, 3.05) is 0 Å². The van der Waals surface area contributed by atoms with Crippen LogP contribution in [0.4, 0.5) is 0 Å². The Bertz CT molecular complexity index is 602. The summed E-state index contributed by atoms with van der Waals surface area (Å²) in [7, 11) is 0. The molecule has 0 radical (unpaired) electrons. The minimum absolute atomic E-state index is 0.103. The van der Waals surface area contributed by atoms with Crippen LogP contribution in [-0.4, -0.2) is 6.29 Å². The normalized spacial score (nSPS) is 11.9. The highest BCUT2D eigenvalue weighted by Gasteiger charge is 2.10. The first-order chi connectivity index (χ1) is 9.61. The number of hydrogen-bond acceptors (Lipinski definition) is 2. The van der Waals surface area contributed by atoms with Crippen LogP contribution in [0.2, 0.25) is 0 Å². The maximum Gasteiger partial charge on any atom is 0.127 e. The quantitative estimate of drug-likeness (QED) is 0.760. The fraction of sp³-hybridized carbons (Fsp3) is 0.278. The molecule has 0 aliphatic rings. The predicted octanol–water partition coefficient (Wildman–Crippen LogP) is 4.18. The number of aryl methyl sites for hydroxylation is 2. The Hall–Kier alpha value is -2.09. The lowest BCUT2D eigenvalue weighted by Gasteiger charge is -2.14. The molecule has 0 aliphatic heterocycles. The zero-order valence-corrected chi connectivity index (χ0v) is 12.2. The molecule has 0 aliphatic carbocycles. The van der Waals surface area contributed by atoms with E-state index >= 15 is 0 Å². The van der Waals surface area contributed by atoms with E-state index in [1.165, 1.54) is 5.56 Å². The Morgan fingerprint density at radius 1 is 1.15 bits per heavy atom. The van der Waals surface area contributed by atoms with Gasteiger partial charge in [-0.05, 0) is 42.2 Å². The van der Waals surface area contributed by atoms with Crippen LogP contribution >= 0.6 is 0 Å². The van der Waals surface area contributed by atoms with Gasteiger partial charge in [0.25, 0.3) is 0 Å². The smallest absolute Gasteiger partial charge is 0.127 e. The molecule has 0 amide bonds. The standard InChI is InChI=1S/C18H20O2/c1-13-8-9-14(2)18(10-13)20-12-16-6-4-5-7-17(16)15(3)11-19/h4-11,15H,12H2,1-3H3. The van der Waals surface area contributed by atoms with Crippen LogP contribution in [0.5, 0.6) is 5.75 Å². The van der Waals surface area contributed by atoms with Crippen molar-refractivity contribution in [1.29, 1.82) is 0 Å². The van der Waals surface area contributed by atoms with Crippen molar-refractivity contribution in [2.24, 2.45) is 0 Å². The van der Waals surface area contributed by atoms with Crippen molar-refractivity contribution in [2.45, 2.75) is 33.3 Å². The van der Waals surface area contributed by atoms with Crippen molar-refractivity contribution in [1.82, 2.24) is 0 Å². The number of carbonyl (C=O) groups is 1. The van der Waals surface area contributed by atoms with Crippen LogP contribution in [0.3, 0.4) is 0 Å². The van der Waals surface area contributed by atoms with Gasteiger partial charge in [-0.2, -0.15) is 0 Å². The molecule has 0 N–H and O–H groups in total. The van der Waals surface area contributed by atoms with E-state index in [-0.39, 0.29) is 5.92 Å². The molecule has 20 heavy (non-hydrogen) atoms. The van der Waals surface area contributed by atoms with Crippen LogP contribution < -0.4 is 4.74 Å². The highest BCUT2D eigenvalue weighted by Crippen LogP contribution is 2.23. The maximum absolute atomic E-state index is 11.0. The summed E-state index contributed by atoms with van der Waals surface area (Å²) in [6.45, 7) is 6.48. The first-order valence-corrected chi connectivity index (χ1v) is 6.85. The van der Waals surface area contributed by atoms with Crippen molar-refractivity contribution in [3.8, 4) is 5.75 Å². The molecule has 2 aromatic carbocycles. The third-order valence-corrected chi connectivity index (χ3v) is 3.48. The van der Waals surface area contributed by atoms with Gasteiger partial charge < -0.3 is 9.53 Å². The van der Waals surface area contributed by atoms with Gasteiger partial charge in [-0.15, -0.1) is 0 Å². The van der Waals surface area contributed by atoms with Crippen LogP contribution in [0, 0.1) is 13.8 Å². The Kier molecular flexibility index (Phi) is 4.57. The minimum Gasteiger partial charge on any atom is -0.489 e. The van der Waals surface area contributed by atoms with Gasteiger partial charge in [0.1, 0.15) is 18.6 Å². The average Bonchev–Trinajstić information content (AvgIpc) is 2.47. The molecule has 1 unspecified atom stereocenters. The first kappa shape index (κ1) is 14.3. The zero-order chi connectivity index (χ0) is 14.5. The lowest BCUT2D eigenvalue weighted by atomic mass is 9.97. The SMILES string of the molecule is Cc1ccc(C)c(OCc2ccccc2C(C)C=O)c1. The third kappa shape index (κ3) is 3.27. The van der Waals surface area contributed by atoms with Gasteiger partial charge in [-0.1, -0.05) is 43.3 Å². The lowest BCUT2D eigenvalue weighted by Crippen LogP contribution is -2.04. The van der Waals surface area contributed by atoms with Gasteiger partial charge in [-0.25, -0.2) is 0 Å². The summed E-state index contributed by atoms with van der Waals surface area (Å²) >= 11 is 0. The summed E-state index contributed by atoms with van der Waals surface area (Å²) in [4.78, 5) is 11.0. The van der Waals surface area contributed by atoms with Crippen LogP contribution in [-0.2, 0) is 11.4 Å². The summed E-state index contributed by atoms with van der Waals surface area (Å²) in [6, 6.07) is 14.1. The highest BCUT2D eigenvalue weighted by molar-refractivity contribution is 5.62. The molecule has 0 spiro atoms. The first-order valence-electron chi connectivity index (χ1n) is 6.85. The van der Waals surface area contributed by atoms with Crippen molar-refractivity contribution >= 4 is 6.29 Å². The Labute approximate surface area is 120 Å². The van der Waals surface area contributed by atoms with Crippen LogP contribution in [0.25, 0.3) is 0 Å². The molecule has 2 heteroatoms. The predicted molar refractivity (Wildman–Crippen MR) is 81.2 cm³/mol. The highest BCUT2D eigenvalue weighted by atomic mass is 16.5. The van der Waals surface area contributed by atoms with E-state index in [0.29, 0.717) is 6.61 Å². The van der Waals surface area contributed by atoms with E-state index < -0.39 is 0 Å². The van der Waals surface area contributed by atoms with E-state index in [1.54, 1.807) is 0 Å². The fourth-order valence-corrected chi connectivity index (χ4v) is 2.20. The number of carbonyl (C=O) groups excluding carboxylic acids is 1. The summed E-state index contributed by atoms with van der Waals surface area (Å²) in [5.74, 6) is 0.798. The van der Waals surface area contributed by atoms with Crippen LogP contribution in [0.1, 0.15) is 35.1 Å². The Morgan fingerprint density at radius 2 is 1.90 bits per heavy atom. The van der Waals surface area contributed by atoms with Crippen molar-refractivity contribution in [3.05, 3.63) is 64.7 Å². The number of hydrogen-bond donors (Lipinski definition) is 0. The van der Waals surface area contributed by atoms with Gasteiger partial charge in [0, 0.05) is 5.92 Å².